The van der Waals surface area contributed by atoms with Crippen molar-refractivity contribution in [2.75, 3.05) is 26.4 Å². The van der Waals surface area contributed by atoms with Crippen LogP contribution in [-0.4, -0.2) is 50.4 Å². The second kappa shape index (κ2) is 11.3. The molecule has 0 aromatic rings. The molecule has 0 rings (SSSR count). The van der Waals surface area contributed by atoms with E-state index < -0.39 is 29.4 Å². The molecule has 0 spiro atoms. The first-order valence-electron chi connectivity index (χ1n) is 8.56. The number of esters is 3. The largest absolute Gasteiger partial charge is 0.461 e. The van der Waals surface area contributed by atoms with Crippen LogP contribution in [0.1, 0.15) is 34.6 Å². The Morgan fingerprint density at radius 1 is 0.778 bits per heavy atom. The Morgan fingerprint density at radius 3 is 1.30 bits per heavy atom. The fourth-order valence-electron chi connectivity index (χ4n) is 1.90. The number of hydrogen-bond acceptors (Lipinski definition) is 7. The summed E-state index contributed by atoms with van der Waals surface area (Å²) in [5.74, 6) is -1.83. The predicted octanol–water partition coefficient (Wildman–Crippen LogP) is 2.76. The molecule has 1 atom stereocenters. The van der Waals surface area contributed by atoms with Crippen LogP contribution in [0.3, 0.4) is 0 Å². The summed E-state index contributed by atoms with van der Waals surface area (Å²) in [6, 6.07) is 0. The Bertz CT molecular complexity index is 529. The Labute approximate surface area is 161 Å². The molecule has 0 fully saturated rings. The molecule has 27 heavy (non-hydrogen) atoms. The normalized spacial score (nSPS) is 11.9. The molecule has 0 aromatic carbocycles. The summed E-state index contributed by atoms with van der Waals surface area (Å²) in [5.41, 5.74) is -0.473. The minimum Gasteiger partial charge on any atom is -0.461 e. The molecule has 0 heterocycles. The van der Waals surface area contributed by atoms with E-state index in [0.29, 0.717) is 6.61 Å². The fourth-order valence-corrected chi connectivity index (χ4v) is 1.90. The lowest BCUT2D eigenvalue weighted by atomic mass is 9.85. The molecule has 7 heteroatoms. The van der Waals surface area contributed by atoms with Crippen LogP contribution >= 0.6 is 0 Å². The lowest BCUT2D eigenvalue weighted by molar-refractivity contribution is -0.171. The molecule has 0 N–H and O–H groups in total. The zero-order valence-corrected chi connectivity index (χ0v) is 16.9. The number of carbonyl (C=O) groups is 3. The SMILES string of the molecule is C=C(C)C(=O)OCC(COC(=O)C(=C)C)(COC(=O)C(=C)C)C(C)OCC. The Balaban J connectivity index is 5.63. The first-order chi connectivity index (χ1) is 12.5. The number of hydrogen-bond donors (Lipinski definition) is 0. The van der Waals surface area contributed by atoms with E-state index in [4.69, 9.17) is 18.9 Å². The Kier molecular flexibility index (Phi) is 10.3. The first-order valence-corrected chi connectivity index (χ1v) is 8.56. The molecule has 0 radical (unpaired) electrons. The van der Waals surface area contributed by atoms with Crippen LogP contribution in [-0.2, 0) is 33.3 Å². The zero-order chi connectivity index (χ0) is 21.2. The third-order valence-electron chi connectivity index (χ3n) is 3.80. The van der Waals surface area contributed by atoms with Gasteiger partial charge in [0.25, 0.3) is 0 Å². The topological polar surface area (TPSA) is 88.1 Å². The lowest BCUT2D eigenvalue weighted by Gasteiger charge is -2.37. The van der Waals surface area contributed by atoms with Crippen molar-refractivity contribution in [3.8, 4) is 0 Å². The molecular formula is C20H30O7. The quantitative estimate of drug-likeness (QED) is 0.291. The molecule has 0 aliphatic rings. The van der Waals surface area contributed by atoms with Crippen LogP contribution in [0, 0.1) is 5.41 Å². The molecular weight excluding hydrogens is 352 g/mol. The van der Waals surface area contributed by atoms with Gasteiger partial charge in [-0.3, -0.25) is 0 Å². The molecule has 0 aromatic heterocycles. The molecule has 0 saturated carbocycles. The Hall–Kier alpha value is -2.41. The molecule has 0 bridgehead atoms. The molecule has 1 unspecified atom stereocenters. The van der Waals surface area contributed by atoms with E-state index in [9.17, 15) is 14.4 Å². The van der Waals surface area contributed by atoms with Crippen LogP contribution < -0.4 is 0 Å². The maximum Gasteiger partial charge on any atom is 0.333 e. The van der Waals surface area contributed by atoms with Gasteiger partial charge in [0, 0.05) is 23.3 Å². The second-order valence-electron chi connectivity index (χ2n) is 6.53. The summed E-state index contributed by atoms with van der Waals surface area (Å²) >= 11 is 0. The summed E-state index contributed by atoms with van der Waals surface area (Å²) in [7, 11) is 0. The van der Waals surface area contributed by atoms with Gasteiger partial charge in [-0.2, -0.15) is 0 Å². The second-order valence-corrected chi connectivity index (χ2v) is 6.53. The summed E-state index contributed by atoms with van der Waals surface area (Å²) in [5, 5.41) is 0. The average Bonchev–Trinajstić information content (AvgIpc) is 2.60. The highest BCUT2D eigenvalue weighted by Gasteiger charge is 2.42. The summed E-state index contributed by atoms with van der Waals surface area (Å²) in [6.45, 7) is 18.4. The van der Waals surface area contributed by atoms with Crippen LogP contribution in [0.15, 0.2) is 36.5 Å². The van der Waals surface area contributed by atoms with E-state index in [1.165, 1.54) is 20.8 Å². The van der Waals surface area contributed by atoms with Crippen molar-refractivity contribution in [3.63, 3.8) is 0 Å². The zero-order valence-electron chi connectivity index (χ0n) is 16.9. The average molecular weight is 382 g/mol. The first kappa shape index (κ1) is 24.6. The van der Waals surface area contributed by atoms with E-state index in [-0.39, 0.29) is 36.5 Å². The van der Waals surface area contributed by atoms with Crippen LogP contribution in [0.2, 0.25) is 0 Å². The van der Waals surface area contributed by atoms with Crippen molar-refractivity contribution in [3.05, 3.63) is 36.5 Å². The molecule has 0 aliphatic heterocycles. The smallest absolute Gasteiger partial charge is 0.333 e. The number of rotatable bonds is 12. The van der Waals surface area contributed by atoms with Gasteiger partial charge in [-0.25, -0.2) is 14.4 Å². The minimum absolute atomic E-state index is 0.202. The molecule has 7 nitrogen and oxygen atoms in total. The highest BCUT2D eigenvalue weighted by atomic mass is 16.6. The summed E-state index contributed by atoms with van der Waals surface area (Å²) in [4.78, 5) is 35.6. The summed E-state index contributed by atoms with van der Waals surface area (Å²) < 4.78 is 21.5. The predicted molar refractivity (Wildman–Crippen MR) is 101 cm³/mol. The molecule has 152 valence electrons. The monoisotopic (exact) mass is 382 g/mol. The van der Waals surface area contributed by atoms with Crippen LogP contribution in [0.25, 0.3) is 0 Å². The van der Waals surface area contributed by atoms with E-state index in [2.05, 4.69) is 19.7 Å². The van der Waals surface area contributed by atoms with Gasteiger partial charge in [-0.15, -0.1) is 0 Å². The van der Waals surface area contributed by atoms with E-state index in [0.717, 1.165) is 0 Å². The third kappa shape index (κ3) is 8.21. The van der Waals surface area contributed by atoms with E-state index in [1.807, 2.05) is 0 Å². The highest BCUT2D eigenvalue weighted by molar-refractivity contribution is 5.88. The van der Waals surface area contributed by atoms with Crippen molar-refractivity contribution < 1.29 is 33.3 Å². The van der Waals surface area contributed by atoms with Crippen LogP contribution in [0.4, 0.5) is 0 Å². The van der Waals surface area contributed by atoms with Crippen molar-refractivity contribution in [1.29, 1.82) is 0 Å². The maximum absolute atomic E-state index is 11.9. The van der Waals surface area contributed by atoms with Gasteiger partial charge in [0.1, 0.15) is 19.8 Å². The molecule has 0 amide bonds. The molecule has 0 saturated heterocycles. The third-order valence-corrected chi connectivity index (χ3v) is 3.80. The highest BCUT2D eigenvalue weighted by Crippen LogP contribution is 2.28. The van der Waals surface area contributed by atoms with Crippen molar-refractivity contribution in [2.24, 2.45) is 5.41 Å². The van der Waals surface area contributed by atoms with E-state index in [1.54, 1.807) is 13.8 Å². The van der Waals surface area contributed by atoms with Crippen molar-refractivity contribution in [1.82, 2.24) is 0 Å². The van der Waals surface area contributed by atoms with Gasteiger partial charge < -0.3 is 18.9 Å². The van der Waals surface area contributed by atoms with Gasteiger partial charge in [-0.1, -0.05) is 19.7 Å². The van der Waals surface area contributed by atoms with Crippen molar-refractivity contribution in [2.45, 2.75) is 40.7 Å². The van der Waals surface area contributed by atoms with Gasteiger partial charge in [-0.05, 0) is 34.6 Å². The Morgan fingerprint density at radius 2 is 1.07 bits per heavy atom. The minimum atomic E-state index is -1.11. The van der Waals surface area contributed by atoms with Crippen LogP contribution in [0.5, 0.6) is 0 Å². The number of ether oxygens (including phenoxy) is 4. The summed E-state index contributed by atoms with van der Waals surface area (Å²) in [6.07, 6.45) is -0.559. The number of carbonyl (C=O) groups excluding carboxylic acids is 3. The van der Waals surface area contributed by atoms with Gasteiger partial charge in [0.2, 0.25) is 0 Å². The molecule has 0 aliphatic carbocycles. The van der Waals surface area contributed by atoms with Gasteiger partial charge >= 0.3 is 17.9 Å². The van der Waals surface area contributed by atoms with Crippen molar-refractivity contribution >= 4 is 17.9 Å². The fraction of sp³-hybridized carbons (Fsp3) is 0.550. The van der Waals surface area contributed by atoms with E-state index >= 15 is 0 Å². The van der Waals surface area contributed by atoms with Gasteiger partial charge in [0.05, 0.1) is 11.5 Å². The van der Waals surface area contributed by atoms with Gasteiger partial charge in [0.15, 0.2) is 0 Å². The lowest BCUT2D eigenvalue weighted by Crippen LogP contribution is -2.48. The maximum atomic E-state index is 11.9. The standard InChI is InChI=1S/C20H30O7/c1-9-24-16(8)20(10-25-17(21)13(2)3,11-26-18(22)14(4)5)12-27-19(23)15(6)7/h16H,2,4,6,9-12H2,1,3,5,7-8H3.